The molecule has 0 saturated heterocycles. The van der Waals surface area contributed by atoms with Crippen LogP contribution in [0.2, 0.25) is 0 Å². The summed E-state index contributed by atoms with van der Waals surface area (Å²) >= 11 is 0. The molecule has 0 aliphatic carbocycles. The van der Waals surface area contributed by atoms with Gasteiger partial charge in [-0.1, -0.05) is 6.58 Å². The van der Waals surface area contributed by atoms with Gasteiger partial charge in [0.2, 0.25) is 0 Å². The first-order valence-corrected chi connectivity index (χ1v) is 1.92. The van der Waals surface area contributed by atoms with E-state index in [0.29, 0.717) is 0 Å². The van der Waals surface area contributed by atoms with E-state index in [4.69, 9.17) is 0 Å². The van der Waals surface area contributed by atoms with Gasteiger partial charge in [-0.05, 0) is 13.0 Å². The van der Waals surface area contributed by atoms with Crippen LogP contribution in [0.25, 0.3) is 0 Å². The third-order valence-corrected chi connectivity index (χ3v) is 0.541. The van der Waals surface area contributed by atoms with Crippen molar-refractivity contribution in [2.45, 2.75) is 13.0 Å². The Kier molecular flexibility index (Phi) is 2.92. The standard InChI is InChI=1S/C4H7NO2/c1-3-4(2)7-5-6/h3-4H,1H2,2H3/t4-/m1/s1. The second-order valence-electron chi connectivity index (χ2n) is 1.12. The average molecular weight is 101 g/mol. The molecule has 0 bridgehead atoms. The highest BCUT2D eigenvalue weighted by atomic mass is 16.7. The molecule has 0 aromatic rings. The fraction of sp³-hybridized carbons (Fsp3) is 0.500. The van der Waals surface area contributed by atoms with Gasteiger partial charge in [0.25, 0.3) is 0 Å². The topological polar surface area (TPSA) is 38.7 Å². The zero-order valence-electron chi connectivity index (χ0n) is 4.13. The van der Waals surface area contributed by atoms with Crippen LogP contribution in [0.4, 0.5) is 0 Å². The zero-order valence-corrected chi connectivity index (χ0v) is 4.13. The van der Waals surface area contributed by atoms with Crippen LogP contribution in [0.1, 0.15) is 6.92 Å². The van der Waals surface area contributed by atoms with Crippen LogP contribution in [-0.2, 0) is 4.84 Å². The van der Waals surface area contributed by atoms with Crippen LogP contribution < -0.4 is 0 Å². The van der Waals surface area contributed by atoms with E-state index in [0.717, 1.165) is 0 Å². The fourth-order valence-corrected chi connectivity index (χ4v) is 0.111. The molecule has 3 nitrogen and oxygen atoms in total. The number of hydrogen-bond donors (Lipinski definition) is 0. The van der Waals surface area contributed by atoms with E-state index in [9.17, 15) is 4.91 Å². The van der Waals surface area contributed by atoms with E-state index in [1.807, 2.05) is 0 Å². The molecule has 40 valence electrons. The van der Waals surface area contributed by atoms with Gasteiger partial charge in [-0.2, -0.15) is 0 Å². The summed E-state index contributed by atoms with van der Waals surface area (Å²) in [6, 6.07) is 0. The predicted molar refractivity (Wildman–Crippen MR) is 26.5 cm³/mol. The molecule has 0 heterocycles. The minimum Gasteiger partial charge on any atom is -0.357 e. The van der Waals surface area contributed by atoms with Gasteiger partial charge in [0.15, 0.2) is 5.34 Å². The Balaban J connectivity index is 3.15. The van der Waals surface area contributed by atoms with Crippen molar-refractivity contribution in [3.8, 4) is 0 Å². The number of nitrogens with zero attached hydrogens (tertiary/aromatic N) is 1. The van der Waals surface area contributed by atoms with Crippen molar-refractivity contribution < 1.29 is 4.84 Å². The third-order valence-electron chi connectivity index (χ3n) is 0.541. The normalized spacial score (nSPS) is 12.1. The van der Waals surface area contributed by atoms with E-state index < -0.39 is 0 Å². The zero-order chi connectivity index (χ0) is 5.70. The summed E-state index contributed by atoms with van der Waals surface area (Å²) in [6.07, 6.45) is 1.22. The van der Waals surface area contributed by atoms with Gasteiger partial charge in [0.1, 0.15) is 6.10 Å². The van der Waals surface area contributed by atoms with Crippen LogP contribution in [0.3, 0.4) is 0 Å². The molecular weight excluding hydrogens is 94.0 g/mol. The molecular formula is C4H7NO2. The van der Waals surface area contributed by atoms with Crippen molar-refractivity contribution in [3.63, 3.8) is 0 Å². The first kappa shape index (κ1) is 6.14. The third kappa shape index (κ3) is 2.96. The Bertz CT molecular complexity index is 72.1. The van der Waals surface area contributed by atoms with Crippen LogP contribution in [-0.4, -0.2) is 6.10 Å². The van der Waals surface area contributed by atoms with Gasteiger partial charge in [-0.15, -0.1) is 4.91 Å². The molecule has 0 rings (SSSR count). The molecule has 0 aliphatic rings. The van der Waals surface area contributed by atoms with Crippen LogP contribution in [0.5, 0.6) is 0 Å². The average Bonchev–Trinajstić information content (AvgIpc) is 1.68. The smallest absolute Gasteiger partial charge is 0.155 e. The highest BCUT2D eigenvalue weighted by Crippen LogP contribution is 1.88. The SMILES string of the molecule is C=C[C@@H](C)ON=O. The maximum atomic E-state index is 9.25. The van der Waals surface area contributed by atoms with Crippen LogP contribution >= 0.6 is 0 Å². The monoisotopic (exact) mass is 101 g/mol. The van der Waals surface area contributed by atoms with E-state index >= 15 is 0 Å². The van der Waals surface area contributed by atoms with Gasteiger partial charge in [0, 0.05) is 0 Å². The van der Waals surface area contributed by atoms with Gasteiger partial charge < -0.3 is 4.84 Å². The highest BCUT2D eigenvalue weighted by Gasteiger charge is 1.90. The van der Waals surface area contributed by atoms with Crippen LogP contribution in [0, 0.1) is 4.91 Å². The summed E-state index contributed by atoms with van der Waals surface area (Å²) in [5.74, 6) is 0. The summed E-state index contributed by atoms with van der Waals surface area (Å²) in [6.45, 7) is 5.03. The van der Waals surface area contributed by atoms with Gasteiger partial charge in [-0.3, -0.25) is 0 Å². The van der Waals surface area contributed by atoms with Crippen molar-refractivity contribution in [2.24, 2.45) is 5.34 Å². The first-order chi connectivity index (χ1) is 3.31. The summed E-state index contributed by atoms with van der Waals surface area (Å²) in [5, 5.41) is 2.19. The second kappa shape index (κ2) is 3.33. The lowest BCUT2D eigenvalue weighted by Crippen LogP contribution is -1.95. The fourth-order valence-electron chi connectivity index (χ4n) is 0.111. The maximum Gasteiger partial charge on any atom is 0.155 e. The second-order valence-corrected chi connectivity index (χ2v) is 1.12. The maximum absolute atomic E-state index is 9.25. The lowest BCUT2D eigenvalue weighted by molar-refractivity contribution is 0.102. The molecule has 0 saturated carbocycles. The van der Waals surface area contributed by atoms with E-state index in [2.05, 4.69) is 16.8 Å². The van der Waals surface area contributed by atoms with Gasteiger partial charge >= 0.3 is 0 Å². The van der Waals surface area contributed by atoms with Gasteiger partial charge in [0.05, 0.1) is 0 Å². The molecule has 0 aromatic carbocycles. The van der Waals surface area contributed by atoms with Crippen LogP contribution in [0.15, 0.2) is 18.0 Å². The Hall–Kier alpha value is -0.860. The summed E-state index contributed by atoms with van der Waals surface area (Å²) in [4.78, 5) is 13.4. The lowest BCUT2D eigenvalue weighted by atomic mass is 10.4. The predicted octanol–water partition coefficient (Wildman–Crippen LogP) is 1.26. The van der Waals surface area contributed by atoms with Crippen molar-refractivity contribution >= 4 is 0 Å². The largest absolute Gasteiger partial charge is 0.357 e. The Morgan fingerprint density at radius 1 is 2.00 bits per heavy atom. The molecule has 1 atom stereocenters. The molecule has 0 unspecified atom stereocenters. The number of rotatable bonds is 3. The van der Waals surface area contributed by atoms with Crippen molar-refractivity contribution in [1.82, 2.24) is 0 Å². The molecule has 0 fully saturated rings. The quantitative estimate of drug-likeness (QED) is 0.305. The first-order valence-electron chi connectivity index (χ1n) is 1.92. The summed E-state index contributed by atoms with van der Waals surface area (Å²) in [7, 11) is 0. The molecule has 0 radical (unpaired) electrons. The number of hydrogen-bond acceptors (Lipinski definition) is 3. The minimum absolute atomic E-state index is 0.266. The summed E-state index contributed by atoms with van der Waals surface area (Å²) in [5.41, 5.74) is 0. The van der Waals surface area contributed by atoms with Crippen molar-refractivity contribution in [2.75, 3.05) is 0 Å². The molecule has 0 aromatic heterocycles. The van der Waals surface area contributed by atoms with Crippen molar-refractivity contribution in [3.05, 3.63) is 17.6 Å². The minimum atomic E-state index is -0.266. The van der Waals surface area contributed by atoms with E-state index in [-0.39, 0.29) is 6.10 Å². The summed E-state index contributed by atoms with van der Waals surface area (Å²) < 4.78 is 0. The van der Waals surface area contributed by atoms with Gasteiger partial charge in [-0.25, -0.2) is 0 Å². The van der Waals surface area contributed by atoms with E-state index in [1.54, 1.807) is 6.92 Å². The lowest BCUT2D eigenvalue weighted by Gasteiger charge is -1.95. The Morgan fingerprint density at radius 2 is 2.57 bits per heavy atom. The molecule has 0 spiro atoms. The molecule has 7 heavy (non-hydrogen) atoms. The molecule has 0 amide bonds. The van der Waals surface area contributed by atoms with Crippen molar-refractivity contribution in [1.29, 1.82) is 0 Å². The molecule has 3 heteroatoms. The Morgan fingerprint density at radius 3 is 2.71 bits per heavy atom. The highest BCUT2D eigenvalue weighted by molar-refractivity contribution is 4.73. The van der Waals surface area contributed by atoms with E-state index in [1.165, 1.54) is 6.08 Å². The Labute approximate surface area is 41.9 Å². The molecule has 0 aliphatic heterocycles. The molecule has 0 N–H and O–H groups in total.